The van der Waals surface area contributed by atoms with Gasteiger partial charge >= 0.3 is 0 Å². The van der Waals surface area contributed by atoms with Crippen molar-refractivity contribution in [1.29, 1.82) is 0 Å². The molecule has 3 rings (SSSR count). The van der Waals surface area contributed by atoms with E-state index in [9.17, 15) is 9.90 Å². The van der Waals surface area contributed by atoms with Crippen LogP contribution in [0.3, 0.4) is 0 Å². The molecule has 1 aliphatic heterocycles. The maximum absolute atomic E-state index is 12.6. The molecule has 0 radical (unpaired) electrons. The molecule has 0 aliphatic carbocycles. The van der Waals surface area contributed by atoms with Crippen LogP contribution in [0.25, 0.3) is 0 Å². The van der Waals surface area contributed by atoms with Crippen LogP contribution in [0.4, 0.5) is 0 Å². The van der Waals surface area contributed by atoms with E-state index in [0.29, 0.717) is 32.6 Å². The lowest BCUT2D eigenvalue weighted by molar-refractivity contribution is -0.132. The molecule has 132 valence electrons. The predicted molar refractivity (Wildman–Crippen MR) is 96.8 cm³/mol. The molecular formula is C20H25N3O2. The zero-order valence-corrected chi connectivity index (χ0v) is 14.9. The van der Waals surface area contributed by atoms with Gasteiger partial charge in [-0.25, -0.2) is 0 Å². The van der Waals surface area contributed by atoms with Crippen molar-refractivity contribution in [2.24, 2.45) is 0 Å². The maximum Gasteiger partial charge on any atom is 0.236 e. The van der Waals surface area contributed by atoms with Crippen molar-refractivity contribution in [1.82, 2.24) is 14.8 Å². The molecule has 1 aromatic carbocycles. The number of nitrogens with zero attached hydrogens (tertiary/aromatic N) is 3. The highest BCUT2D eigenvalue weighted by molar-refractivity contribution is 5.78. The van der Waals surface area contributed by atoms with E-state index in [0.717, 1.165) is 16.8 Å². The third-order valence-corrected chi connectivity index (χ3v) is 4.81. The molecule has 1 N–H and O–H groups in total. The van der Waals surface area contributed by atoms with Crippen molar-refractivity contribution >= 4 is 5.91 Å². The van der Waals surface area contributed by atoms with Gasteiger partial charge in [-0.3, -0.25) is 14.7 Å². The quantitative estimate of drug-likeness (QED) is 0.904. The molecule has 5 nitrogen and oxygen atoms in total. The monoisotopic (exact) mass is 339 g/mol. The first kappa shape index (κ1) is 17.6. The Morgan fingerprint density at radius 2 is 2.04 bits per heavy atom. The number of carbonyl (C=O) groups is 1. The number of hydrogen-bond donors (Lipinski definition) is 1. The third kappa shape index (κ3) is 4.06. The number of hydrogen-bond acceptors (Lipinski definition) is 4. The second-order valence-corrected chi connectivity index (χ2v) is 6.91. The van der Waals surface area contributed by atoms with E-state index < -0.39 is 5.60 Å². The minimum absolute atomic E-state index is 0.0444. The highest BCUT2D eigenvalue weighted by atomic mass is 16.3. The summed E-state index contributed by atoms with van der Waals surface area (Å²) in [6, 6.07) is 13.6. The van der Waals surface area contributed by atoms with Gasteiger partial charge in [0.25, 0.3) is 0 Å². The van der Waals surface area contributed by atoms with E-state index in [-0.39, 0.29) is 5.91 Å². The van der Waals surface area contributed by atoms with Crippen LogP contribution in [0, 0.1) is 6.92 Å². The zero-order chi connectivity index (χ0) is 17.9. The molecule has 1 aliphatic rings. The van der Waals surface area contributed by atoms with Crippen LogP contribution in [0.5, 0.6) is 0 Å². The number of amides is 1. The Labute approximate surface area is 148 Å². The Hall–Kier alpha value is -2.24. The molecule has 2 aromatic rings. The minimum atomic E-state index is -0.944. The molecule has 1 atom stereocenters. The van der Waals surface area contributed by atoms with Crippen LogP contribution < -0.4 is 0 Å². The first-order chi connectivity index (χ1) is 12.0. The van der Waals surface area contributed by atoms with Crippen LogP contribution in [0.1, 0.15) is 23.2 Å². The van der Waals surface area contributed by atoms with Gasteiger partial charge in [0.2, 0.25) is 5.91 Å². The van der Waals surface area contributed by atoms with Crippen molar-refractivity contribution in [3.05, 3.63) is 65.5 Å². The summed E-state index contributed by atoms with van der Waals surface area (Å²) in [6.07, 6.45) is 2.33. The summed E-state index contributed by atoms with van der Waals surface area (Å²) in [7, 11) is 1.91. The molecule has 25 heavy (non-hydrogen) atoms. The van der Waals surface area contributed by atoms with Crippen molar-refractivity contribution < 1.29 is 9.90 Å². The molecule has 0 bridgehead atoms. The van der Waals surface area contributed by atoms with Gasteiger partial charge in [0, 0.05) is 19.3 Å². The number of aryl methyl sites for hydroxylation is 1. The SMILES string of the molecule is Cc1ccccc1[C@]1(O)CCN(C(=O)CN(C)Cc2ccccn2)C1. The van der Waals surface area contributed by atoms with Crippen LogP contribution in [-0.2, 0) is 16.9 Å². The van der Waals surface area contributed by atoms with Gasteiger partial charge in [-0.15, -0.1) is 0 Å². The van der Waals surface area contributed by atoms with Crippen molar-refractivity contribution in [2.45, 2.75) is 25.5 Å². The number of aliphatic hydroxyl groups is 1. The largest absolute Gasteiger partial charge is 0.383 e. The Bertz CT molecular complexity index is 735. The van der Waals surface area contributed by atoms with E-state index in [1.807, 2.05) is 61.3 Å². The van der Waals surface area contributed by atoms with Crippen molar-refractivity contribution in [3.8, 4) is 0 Å². The summed E-state index contributed by atoms with van der Waals surface area (Å²) >= 11 is 0. The average molecular weight is 339 g/mol. The lowest BCUT2D eigenvalue weighted by atomic mass is 9.89. The van der Waals surface area contributed by atoms with E-state index in [2.05, 4.69) is 4.98 Å². The number of likely N-dealkylation sites (N-methyl/N-ethyl adjacent to an activating group) is 1. The summed E-state index contributed by atoms with van der Waals surface area (Å²) in [5.74, 6) is 0.0444. The van der Waals surface area contributed by atoms with Gasteiger partial charge in [-0.2, -0.15) is 0 Å². The molecule has 1 fully saturated rings. The molecule has 0 spiro atoms. The molecule has 2 heterocycles. The molecule has 1 amide bonds. The Kier molecular flexibility index (Phi) is 5.16. The maximum atomic E-state index is 12.6. The molecule has 1 saturated heterocycles. The minimum Gasteiger partial charge on any atom is -0.383 e. The Balaban J connectivity index is 1.60. The third-order valence-electron chi connectivity index (χ3n) is 4.81. The van der Waals surface area contributed by atoms with E-state index >= 15 is 0 Å². The number of rotatable bonds is 5. The number of aromatic nitrogens is 1. The second kappa shape index (κ2) is 7.33. The molecule has 1 aromatic heterocycles. The highest BCUT2D eigenvalue weighted by Gasteiger charge is 2.40. The van der Waals surface area contributed by atoms with E-state index in [1.54, 1.807) is 11.1 Å². The number of carbonyl (C=O) groups excluding carboxylic acids is 1. The second-order valence-electron chi connectivity index (χ2n) is 6.91. The van der Waals surface area contributed by atoms with E-state index in [1.165, 1.54) is 0 Å². The zero-order valence-electron chi connectivity index (χ0n) is 14.9. The lowest BCUT2D eigenvalue weighted by Gasteiger charge is -2.26. The molecule has 5 heteroatoms. The molecule has 0 unspecified atom stereocenters. The molecule has 0 saturated carbocycles. The molecular weight excluding hydrogens is 314 g/mol. The Morgan fingerprint density at radius 3 is 2.76 bits per heavy atom. The summed E-state index contributed by atoms with van der Waals surface area (Å²) < 4.78 is 0. The smallest absolute Gasteiger partial charge is 0.236 e. The standard InChI is InChI=1S/C20H25N3O2/c1-16-7-3-4-9-18(16)20(25)10-12-23(15-20)19(24)14-22(2)13-17-8-5-6-11-21-17/h3-9,11,25H,10,12-15H2,1-2H3/t20-/m0/s1. The van der Waals surface area contributed by atoms with Crippen molar-refractivity contribution in [3.63, 3.8) is 0 Å². The number of β-amino-alcohol motifs (C(OH)–C–C–N with tert-alkyl or cyclic N) is 1. The number of benzene rings is 1. The van der Waals surface area contributed by atoms with Crippen LogP contribution in [0.2, 0.25) is 0 Å². The summed E-state index contributed by atoms with van der Waals surface area (Å²) in [4.78, 5) is 20.6. The van der Waals surface area contributed by atoms with Crippen LogP contribution in [-0.4, -0.2) is 52.5 Å². The summed E-state index contributed by atoms with van der Waals surface area (Å²) in [5, 5.41) is 11.0. The lowest BCUT2D eigenvalue weighted by Crippen LogP contribution is -2.40. The highest BCUT2D eigenvalue weighted by Crippen LogP contribution is 2.33. The first-order valence-electron chi connectivity index (χ1n) is 8.63. The van der Waals surface area contributed by atoms with Gasteiger partial charge in [-0.1, -0.05) is 30.3 Å². The fraction of sp³-hybridized carbons (Fsp3) is 0.400. The Morgan fingerprint density at radius 1 is 1.28 bits per heavy atom. The van der Waals surface area contributed by atoms with Gasteiger partial charge in [-0.05, 0) is 43.7 Å². The van der Waals surface area contributed by atoms with Crippen LogP contribution >= 0.6 is 0 Å². The normalized spacial score (nSPS) is 20.2. The van der Waals surface area contributed by atoms with Crippen LogP contribution in [0.15, 0.2) is 48.7 Å². The van der Waals surface area contributed by atoms with Gasteiger partial charge < -0.3 is 10.0 Å². The van der Waals surface area contributed by atoms with Gasteiger partial charge in [0.15, 0.2) is 0 Å². The number of likely N-dealkylation sites (tertiary alicyclic amines) is 1. The average Bonchev–Trinajstić information content (AvgIpc) is 2.99. The predicted octanol–water partition coefficient (Wildman–Crippen LogP) is 1.94. The van der Waals surface area contributed by atoms with E-state index in [4.69, 9.17) is 0 Å². The fourth-order valence-corrected chi connectivity index (χ4v) is 3.48. The first-order valence-corrected chi connectivity index (χ1v) is 8.63. The number of pyridine rings is 1. The summed E-state index contributed by atoms with van der Waals surface area (Å²) in [5.41, 5.74) is 1.98. The van der Waals surface area contributed by atoms with Gasteiger partial charge in [0.1, 0.15) is 5.60 Å². The fourth-order valence-electron chi connectivity index (χ4n) is 3.48. The van der Waals surface area contributed by atoms with Crippen molar-refractivity contribution in [2.75, 3.05) is 26.7 Å². The summed E-state index contributed by atoms with van der Waals surface area (Å²) in [6.45, 7) is 3.89. The van der Waals surface area contributed by atoms with Gasteiger partial charge in [0.05, 0.1) is 18.8 Å². The topological polar surface area (TPSA) is 56.7 Å².